The minimum Gasteiger partial charge on any atom is -0.337 e. The molecule has 1 saturated heterocycles. The summed E-state index contributed by atoms with van der Waals surface area (Å²) in [6, 6.07) is 12.3. The summed E-state index contributed by atoms with van der Waals surface area (Å²) in [5, 5.41) is 2.60. The molecule has 8 heteroatoms. The SMILES string of the molecule is CCN(Cc1ccccc1)C(=O)CN1C(=O)NC(C)(c2ccc(F)cc2Cl)C1=O. The Morgan fingerprint density at radius 3 is 2.52 bits per heavy atom. The first-order valence-electron chi connectivity index (χ1n) is 9.17. The Balaban J connectivity index is 1.78. The number of rotatable bonds is 6. The van der Waals surface area contributed by atoms with Crippen molar-refractivity contribution in [3.63, 3.8) is 0 Å². The third-order valence-corrected chi connectivity index (χ3v) is 5.30. The molecule has 1 atom stereocenters. The Labute approximate surface area is 173 Å². The maximum Gasteiger partial charge on any atom is 0.325 e. The van der Waals surface area contributed by atoms with E-state index in [0.29, 0.717) is 13.1 Å². The van der Waals surface area contributed by atoms with Gasteiger partial charge in [-0.15, -0.1) is 0 Å². The van der Waals surface area contributed by atoms with Crippen LogP contribution in [0.4, 0.5) is 9.18 Å². The van der Waals surface area contributed by atoms with Gasteiger partial charge in [0.15, 0.2) is 0 Å². The Morgan fingerprint density at radius 1 is 1.21 bits per heavy atom. The lowest BCUT2D eigenvalue weighted by Crippen LogP contribution is -2.44. The van der Waals surface area contributed by atoms with E-state index in [0.717, 1.165) is 16.5 Å². The zero-order valence-electron chi connectivity index (χ0n) is 16.1. The molecule has 1 unspecified atom stereocenters. The number of amides is 4. The average molecular weight is 418 g/mol. The molecule has 0 saturated carbocycles. The molecule has 2 aromatic rings. The number of benzene rings is 2. The summed E-state index contributed by atoms with van der Waals surface area (Å²) in [4.78, 5) is 40.7. The number of nitrogens with one attached hydrogen (secondary N) is 1. The quantitative estimate of drug-likeness (QED) is 0.733. The van der Waals surface area contributed by atoms with Gasteiger partial charge in [0.05, 0.1) is 0 Å². The zero-order valence-corrected chi connectivity index (χ0v) is 16.9. The van der Waals surface area contributed by atoms with Crippen LogP contribution in [-0.2, 0) is 21.7 Å². The van der Waals surface area contributed by atoms with Gasteiger partial charge in [-0.05, 0) is 31.5 Å². The van der Waals surface area contributed by atoms with E-state index in [1.165, 1.54) is 19.1 Å². The summed E-state index contributed by atoms with van der Waals surface area (Å²) in [5.74, 6) is -1.51. The van der Waals surface area contributed by atoms with Gasteiger partial charge in [-0.1, -0.05) is 48.0 Å². The molecule has 1 fully saturated rings. The van der Waals surface area contributed by atoms with E-state index in [-0.39, 0.29) is 23.0 Å². The van der Waals surface area contributed by atoms with Crippen LogP contribution in [0.5, 0.6) is 0 Å². The predicted molar refractivity (Wildman–Crippen MR) is 107 cm³/mol. The number of nitrogens with zero attached hydrogens (tertiary/aromatic N) is 2. The van der Waals surface area contributed by atoms with E-state index in [1.54, 1.807) is 4.90 Å². The summed E-state index contributed by atoms with van der Waals surface area (Å²) in [6.07, 6.45) is 0. The first-order chi connectivity index (χ1) is 13.8. The van der Waals surface area contributed by atoms with E-state index >= 15 is 0 Å². The van der Waals surface area contributed by atoms with Crippen molar-refractivity contribution < 1.29 is 18.8 Å². The van der Waals surface area contributed by atoms with E-state index in [2.05, 4.69) is 5.32 Å². The minimum absolute atomic E-state index is 0.0218. The molecular formula is C21H21ClFN3O3. The number of hydrogen-bond acceptors (Lipinski definition) is 3. The summed E-state index contributed by atoms with van der Waals surface area (Å²) < 4.78 is 13.4. The number of halogens is 2. The fourth-order valence-electron chi connectivity index (χ4n) is 3.33. The van der Waals surface area contributed by atoms with Crippen molar-refractivity contribution in [2.24, 2.45) is 0 Å². The second-order valence-corrected chi connectivity index (χ2v) is 7.37. The van der Waals surface area contributed by atoms with Crippen molar-refractivity contribution in [1.29, 1.82) is 0 Å². The molecule has 152 valence electrons. The predicted octanol–water partition coefficient (Wildman–Crippen LogP) is 3.29. The molecular weight excluding hydrogens is 397 g/mol. The molecule has 0 radical (unpaired) electrons. The molecule has 2 aromatic carbocycles. The first kappa shape index (κ1) is 20.8. The van der Waals surface area contributed by atoms with Crippen molar-refractivity contribution in [2.45, 2.75) is 25.9 Å². The fraction of sp³-hybridized carbons (Fsp3) is 0.286. The van der Waals surface area contributed by atoms with Gasteiger partial charge in [-0.2, -0.15) is 0 Å². The third kappa shape index (κ3) is 4.10. The molecule has 0 spiro atoms. The van der Waals surface area contributed by atoms with Gasteiger partial charge >= 0.3 is 6.03 Å². The molecule has 1 aliphatic rings. The van der Waals surface area contributed by atoms with Crippen molar-refractivity contribution in [2.75, 3.05) is 13.1 Å². The monoisotopic (exact) mass is 417 g/mol. The molecule has 1 aliphatic heterocycles. The van der Waals surface area contributed by atoms with Crippen LogP contribution in [0.15, 0.2) is 48.5 Å². The Morgan fingerprint density at radius 2 is 1.90 bits per heavy atom. The van der Waals surface area contributed by atoms with E-state index in [1.807, 2.05) is 37.3 Å². The van der Waals surface area contributed by atoms with Crippen LogP contribution in [0.2, 0.25) is 5.02 Å². The fourth-order valence-corrected chi connectivity index (χ4v) is 3.69. The van der Waals surface area contributed by atoms with E-state index in [4.69, 9.17) is 11.6 Å². The molecule has 0 bridgehead atoms. The Kier molecular flexibility index (Phi) is 5.88. The van der Waals surface area contributed by atoms with Gasteiger partial charge in [0, 0.05) is 23.7 Å². The number of carbonyl (C=O) groups is 3. The summed E-state index contributed by atoms with van der Waals surface area (Å²) in [7, 11) is 0. The number of urea groups is 1. The number of hydrogen-bond donors (Lipinski definition) is 1. The summed E-state index contributed by atoms with van der Waals surface area (Å²) in [5.41, 5.74) is -0.258. The molecule has 0 aromatic heterocycles. The maximum absolute atomic E-state index is 13.4. The second kappa shape index (κ2) is 8.21. The van der Waals surface area contributed by atoms with Crippen LogP contribution in [0.1, 0.15) is 25.0 Å². The van der Waals surface area contributed by atoms with E-state index < -0.39 is 23.3 Å². The van der Waals surface area contributed by atoms with E-state index in [9.17, 15) is 18.8 Å². The van der Waals surface area contributed by atoms with Gasteiger partial charge in [-0.3, -0.25) is 14.5 Å². The van der Waals surface area contributed by atoms with Crippen LogP contribution >= 0.6 is 11.6 Å². The lowest BCUT2D eigenvalue weighted by molar-refractivity contribution is -0.139. The van der Waals surface area contributed by atoms with Crippen molar-refractivity contribution in [3.05, 3.63) is 70.5 Å². The van der Waals surface area contributed by atoms with Gasteiger partial charge < -0.3 is 10.2 Å². The number of carbonyl (C=O) groups excluding carboxylic acids is 3. The highest BCUT2D eigenvalue weighted by molar-refractivity contribution is 6.32. The third-order valence-electron chi connectivity index (χ3n) is 4.99. The minimum atomic E-state index is -1.47. The normalized spacial score (nSPS) is 18.7. The van der Waals surface area contributed by atoms with Crippen LogP contribution < -0.4 is 5.32 Å². The maximum atomic E-state index is 13.4. The van der Waals surface area contributed by atoms with Crippen LogP contribution in [0, 0.1) is 5.82 Å². The van der Waals surface area contributed by atoms with Crippen LogP contribution in [0.3, 0.4) is 0 Å². The zero-order chi connectivity index (χ0) is 21.2. The van der Waals surface area contributed by atoms with Gasteiger partial charge in [0.1, 0.15) is 17.9 Å². The summed E-state index contributed by atoms with van der Waals surface area (Å²) in [6.45, 7) is 3.73. The van der Waals surface area contributed by atoms with Crippen molar-refractivity contribution in [1.82, 2.24) is 15.1 Å². The van der Waals surface area contributed by atoms with Crippen molar-refractivity contribution >= 4 is 29.4 Å². The highest BCUT2D eigenvalue weighted by Gasteiger charge is 2.50. The van der Waals surface area contributed by atoms with Gasteiger partial charge in [0.2, 0.25) is 5.91 Å². The smallest absolute Gasteiger partial charge is 0.325 e. The summed E-state index contributed by atoms with van der Waals surface area (Å²) >= 11 is 6.09. The molecule has 0 aliphatic carbocycles. The Hall–Kier alpha value is -2.93. The highest BCUT2D eigenvalue weighted by Crippen LogP contribution is 2.34. The Bertz CT molecular complexity index is 953. The lowest BCUT2D eigenvalue weighted by atomic mass is 9.92. The van der Waals surface area contributed by atoms with Crippen molar-refractivity contribution in [3.8, 4) is 0 Å². The average Bonchev–Trinajstić information content (AvgIpc) is 2.90. The number of likely N-dealkylation sites (N-methyl/N-ethyl adjacent to an activating group) is 1. The molecule has 1 heterocycles. The van der Waals surface area contributed by atoms with Crippen LogP contribution in [0.25, 0.3) is 0 Å². The second-order valence-electron chi connectivity index (χ2n) is 6.96. The molecule has 4 amide bonds. The lowest BCUT2D eigenvalue weighted by Gasteiger charge is -2.25. The number of imide groups is 1. The first-order valence-corrected chi connectivity index (χ1v) is 9.55. The van der Waals surface area contributed by atoms with Gasteiger partial charge in [-0.25, -0.2) is 9.18 Å². The van der Waals surface area contributed by atoms with Gasteiger partial charge in [0.25, 0.3) is 5.91 Å². The highest BCUT2D eigenvalue weighted by atomic mass is 35.5. The topological polar surface area (TPSA) is 69.7 Å². The molecule has 1 N–H and O–H groups in total. The molecule has 3 rings (SSSR count). The standard InChI is InChI=1S/C21H21ClFN3O3/c1-3-25(12-14-7-5-4-6-8-14)18(27)13-26-19(28)21(2,24-20(26)29)16-10-9-15(23)11-17(16)22/h4-11H,3,12-13H2,1-2H3,(H,24,29). The molecule has 6 nitrogen and oxygen atoms in total. The molecule has 29 heavy (non-hydrogen) atoms. The van der Waals surface area contributed by atoms with Crippen LogP contribution in [-0.4, -0.2) is 40.7 Å². The largest absolute Gasteiger partial charge is 0.337 e.